The van der Waals surface area contributed by atoms with Crippen molar-refractivity contribution < 1.29 is 68.7 Å². The van der Waals surface area contributed by atoms with Gasteiger partial charge in [0.2, 0.25) is 53.2 Å². The van der Waals surface area contributed by atoms with E-state index in [2.05, 4.69) is 49.8 Å². The third-order valence-electron chi connectivity index (χ3n) is 11.8. The van der Waals surface area contributed by atoms with Crippen molar-refractivity contribution in [2.45, 2.75) is 126 Å². The van der Waals surface area contributed by atoms with Crippen molar-refractivity contribution in [3.63, 3.8) is 0 Å². The lowest BCUT2D eigenvalue weighted by Crippen LogP contribution is -2.61. The number of thiol groups is 1. The van der Waals surface area contributed by atoms with E-state index in [1.165, 1.54) is 47.9 Å². The molecule has 16 N–H and O–H groups in total. The molecule has 1 aliphatic heterocycles. The van der Waals surface area contributed by atoms with E-state index in [4.69, 9.17) is 11.5 Å². The Hall–Kier alpha value is -6.19. The highest BCUT2D eigenvalue weighted by atomic mass is 32.2. The van der Waals surface area contributed by atoms with Crippen molar-refractivity contribution in [1.29, 1.82) is 0 Å². The third kappa shape index (κ3) is 19.9. The van der Waals surface area contributed by atoms with Crippen LogP contribution in [-0.4, -0.2) is 182 Å². The number of likely N-dealkylation sites (tertiary alicyclic amines) is 1. The Morgan fingerprint density at radius 2 is 1.20 bits per heavy atom. The topological polar surface area (TPSA) is 394 Å². The van der Waals surface area contributed by atoms with Crippen molar-refractivity contribution in [3.8, 4) is 11.5 Å². The molecule has 74 heavy (non-hydrogen) atoms. The summed E-state index contributed by atoms with van der Waals surface area (Å²) in [6.45, 7) is 3.42. The number of carbonyl (C=O) groups excluding carboxylic acids is 9. The molecule has 1 aliphatic rings. The first-order valence-corrected chi connectivity index (χ1v) is 26.1. The van der Waals surface area contributed by atoms with E-state index < -0.39 is 139 Å². The molecule has 0 aromatic heterocycles. The van der Waals surface area contributed by atoms with E-state index in [-0.39, 0.29) is 56.1 Å². The summed E-state index contributed by atoms with van der Waals surface area (Å²) < 4.78 is 0. The number of aromatic hydroxyl groups is 2. The molecule has 0 saturated carbocycles. The molecule has 1 saturated heterocycles. The van der Waals surface area contributed by atoms with Gasteiger partial charge in [-0.25, -0.2) is 0 Å². The Labute approximate surface area is 439 Å². The minimum absolute atomic E-state index is 0.0181. The standard InChI is InChI=1S/C48H72N10O14S2/c1-25(2)18-35(48(72)58-16-5-6-38(58)46(70)57-40(26(3)61)47(71)51-29(22-59)19-27-7-11-30(62)12-8-27)54-44(68)36(23-60)55-45(69)37(24-73)56-43(67)34(21-39(50)64)53-42(66)33(15-17-74-4)52-41(65)32(49)20-28-9-13-31(63)14-10-28/h7-14,25-26,29,32-38,40,59-63,73H,5-6,15-24,49H2,1-4H3,(H2,50,64)(H,51,71)(H,52,65)(H,53,66)(H,54,68)(H,55,69)(H,56,67)(H,57,70)/t26-,29+,32+,33+,34+,35+,36+,37+,38+,40+/m1/s1. The van der Waals surface area contributed by atoms with Gasteiger partial charge in [0.25, 0.3) is 0 Å². The van der Waals surface area contributed by atoms with Gasteiger partial charge in [0.15, 0.2) is 0 Å². The largest absolute Gasteiger partial charge is 0.508 e. The molecule has 410 valence electrons. The quantitative estimate of drug-likeness (QED) is 0.0339. The van der Waals surface area contributed by atoms with Gasteiger partial charge in [0, 0.05) is 12.3 Å². The molecule has 9 amide bonds. The molecule has 1 fully saturated rings. The lowest BCUT2D eigenvalue weighted by Gasteiger charge is -2.32. The highest BCUT2D eigenvalue weighted by Gasteiger charge is 2.41. The fourth-order valence-corrected chi connectivity index (χ4v) is 8.60. The summed E-state index contributed by atoms with van der Waals surface area (Å²) in [5.41, 5.74) is 12.9. The number of nitrogens with one attached hydrogen (secondary N) is 7. The molecule has 3 rings (SSSR count). The third-order valence-corrected chi connectivity index (χ3v) is 12.9. The van der Waals surface area contributed by atoms with Crippen molar-refractivity contribution in [1.82, 2.24) is 42.1 Å². The highest BCUT2D eigenvalue weighted by molar-refractivity contribution is 7.98. The summed E-state index contributed by atoms with van der Waals surface area (Å²) in [4.78, 5) is 122. The van der Waals surface area contributed by atoms with Crippen molar-refractivity contribution >= 4 is 77.6 Å². The first kappa shape index (κ1) is 62.1. The van der Waals surface area contributed by atoms with E-state index in [1.807, 2.05) is 0 Å². The fourth-order valence-electron chi connectivity index (χ4n) is 7.87. The molecule has 24 nitrogen and oxygen atoms in total. The molecule has 10 atom stereocenters. The van der Waals surface area contributed by atoms with Crippen LogP contribution >= 0.6 is 24.4 Å². The molecule has 26 heteroatoms. The zero-order valence-corrected chi connectivity index (χ0v) is 43.5. The number of amides is 9. The zero-order valence-electron chi connectivity index (χ0n) is 41.8. The molecular weight excluding hydrogens is 1000 g/mol. The van der Waals surface area contributed by atoms with E-state index in [0.717, 1.165) is 0 Å². The molecule has 2 aromatic rings. The second kappa shape index (κ2) is 30.9. The van der Waals surface area contributed by atoms with Crippen molar-refractivity contribution in [2.24, 2.45) is 17.4 Å². The van der Waals surface area contributed by atoms with Gasteiger partial charge in [0.05, 0.1) is 37.8 Å². The van der Waals surface area contributed by atoms with Gasteiger partial charge >= 0.3 is 0 Å². The van der Waals surface area contributed by atoms with Crippen LogP contribution in [0.15, 0.2) is 48.5 Å². The zero-order chi connectivity index (χ0) is 55.2. The molecule has 2 aromatic carbocycles. The van der Waals surface area contributed by atoms with Crippen LogP contribution in [0.2, 0.25) is 0 Å². The number of carbonyl (C=O) groups is 9. The fraction of sp³-hybridized carbons (Fsp3) is 0.562. The lowest BCUT2D eigenvalue weighted by atomic mass is 10.0. The van der Waals surface area contributed by atoms with Crippen LogP contribution in [0.5, 0.6) is 11.5 Å². The number of aliphatic hydroxyl groups is 3. The number of hydrogen-bond acceptors (Lipinski definition) is 17. The van der Waals surface area contributed by atoms with Crippen LogP contribution in [0.3, 0.4) is 0 Å². The number of phenols is 2. The van der Waals surface area contributed by atoms with E-state index in [0.29, 0.717) is 23.3 Å². The smallest absolute Gasteiger partial charge is 0.245 e. The van der Waals surface area contributed by atoms with E-state index >= 15 is 0 Å². The van der Waals surface area contributed by atoms with Gasteiger partial charge in [-0.2, -0.15) is 24.4 Å². The van der Waals surface area contributed by atoms with Gasteiger partial charge in [-0.3, -0.25) is 43.2 Å². The highest BCUT2D eigenvalue weighted by Crippen LogP contribution is 2.22. The number of primary amides is 1. The van der Waals surface area contributed by atoms with Crippen LogP contribution < -0.4 is 48.7 Å². The molecule has 0 aliphatic carbocycles. The molecule has 0 spiro atoms. The van der Waals surface area contributed by atoms with Gasteiger partial charge in [-0.1, -0.05) is 38.1 Å². The van der Waals surface area contributed by atoms with Crippen LogP contribution in [0.4, 0.5) is 0 Å². The van der Waals surface area contributed by atoms with Gasteiger partial charge in [0.1, 0.15) is 53.8 Å². The van der Waals surface area contributed by atoms with Crippen LogP contribution in [0, 0.1) is 5.92 Å². The van der Waals surface area contributed by atoms with E-state index in [9.17, 15) is 68.7 Å². The Morgan fingerprint density at radius 1 is 0.689 bits per heavy atom. The molecule has 1 heterocycles. The number of rotatable bonds is 30. The number of hydrogen-bond donors (Lipinski definition) is 15. The number of thioether (sulfide) groups is 1. The summed E-state index contributed by atoms with van der Waals surface area (Å²) in [7, 11) is 0. The summed E-state index contributed by atoms with van der Waals surface area (Å²) in [5.74, 6) is -8.14. The first-order chi connectivity index (χ1) is 35.0. The number of nitrogens with two attached hydrogens (primary N) is 2. The van der Waals surface area contributed by atoms with Gasteiger partial charge in [-0.05, 0) is 98.8 Å². The monoisotopic (exact) mass is 1080 g/mol. The summed E-state index contributed by atoms with van der Waals surface area (Å²) in [6.07, 6.45) is 0.499. The average Bonchev–Trinajstić information content (AvgIpc) is 3.85. The maximum atomic E-state index is 14.2. The molecule has 0 radical (unpaired) electrons. The normalized spacial score (nSPS) is 16.9. The Balaban J connectivity index is 1.69. The van der Waals surface area contributed by atoms with E-state index in [1.54, 1.807) is 44.4 Å². The number of benzene rings is 2. The summed E-state index contributed by atoms with van der Waals surface area (Å²) in [6, 6.07) is 0.129. The maximum absolute atomic E-state index is 14.2. The van der Waals surface area contributed by atoms with Crippen LogP contribution in [0.25, 0.3) is 0 Å². The predicted octanol–water partition coefficient (Wildman–Crippen LogP) is -3.44. The molecule has 0 bridgehead atoms. The second-order valence-corrected chi connectivity index (χ2v) is 19.8. The van der Waals surface area contributed by atoms with Gasteiger partial charge in [-0.15, -0.1) is 0 Å². The molecule has 0 unspecified atom stereocenters. The Morgan fingerprint density at radius 3 is 1.73 bits per heavy atom. The number of aliphatic hydroxyl groups excluding tert-OH is 3. The Bertz CT molecular complexity index is 2230. The number of nitrogens with zero attached hydrogens (tertiary/aromatic N) is 1. The SMILES string of the molecule is CSCC[C@H](NC(=O)[C@@H](N)Cc1ccc(O)cc1)C(=O)N[C@@H](CC(N)=O)C(=O)N[C@@H](CS)C(=O)N[C@@H](CO)C(=O)N[C@@H](CC(C)C)C(=O)N1CCC[C@H]1C(=O)N[C@H](C(=O)N[C@H](CO)Cc1ccc(O)cc1)[C@@H](C)O. The van der Waals surface area contributed by atoms with Crippen molar-refractivity contribution in [2.75, 3.05) is 37.5 Å². The maximum Gasteiger partial charge on any atom is 0.245 e. The minimum Gasteiger partial charge on any atom is -0.508 e. The first-order valence-electron chi connectivity index (χ1n) is 24.0. The predicted molar refractivity (Wildman–Crippen MR) is 276 cm³/mol. The summed E-state index contributed by atoms with van der Waals surface area (Å²) in [5, 5.41) is 67.3. The number of phenolic OH excluding ortho intramolecular Hbond substituents is 2. The average molecular weight is 1080 g/mol. The molecular formula is C48H72N10O14S2. The lowest BCUT2D eigenvalue weighted by molar-refractivity contribution is -0.143. The minimum atomic E-state index is -1.70. The Kier molecular flexibility index (Phi) is 25.9. The van der Waals surface area contributed by atoms with Crippen LogP contribution in [-0.2, 0) is 56.0 Å². The van der Waals surface area contributed by atoms with Crippen molar-refractivity contribution in [3.05, 3.63) is 59.7 Å². The van der Waals surface area contributed by atoms with Crippen LogP contribution in [0.1, 0.15) is 64.0 Å². The summed E-state index contributed by atoms with van der Waals surface area (Å²) >= 11 is 5.52. The van der Waals surface area contributed by atoms with Gasteiger partial charge < -0.3 is 79.1 Å². The second-order valence-electron chi connectivity index (χ2n) is 18.4.